The quantitative estimate of drug-likeness (QED) is 0.110. The number of thiol groups is 1. The third-order valence-corrected chi connectivity index (χ3v) is 6.61. The summed E-state index contributed by atoms with van der Waals surface area (Å²) in [5.41, 5.74) is 0. The SMILES string of the molecule is OCC1OC(OCC2OC(OCCS)[C@H](O)[C@@H](OC3OC(CO)[C@@H](O)[C@H](O)[C@H]3O)[C@@H]2O)[C@H](O)[C@@H](O)[C@@H]1O. The molecule has 3 fully saturated rings. The van der Waals surface area contributed by atoms with Crippen LogP contribution in [0.2, 0.25) is 0 Å². The van der Waals surface area contributed by atoms with Crippen LogP contribution in [0, 0.1) is 0 Å². The van der Waals surface area contributed by atoms with Gasteiger partial charge in [0.2, 0.25) is 0 Å². The molecule has 3 heterocycles. The topological polar surface area (TPSA) is 258 Å². The Morgan fingerprint density at radius 3 is 1.57 bits per heavy atom. The molecule has 0 aliphatic carbocycles. The van der Waals surface area contributed by atoms with Crippen molar-refractivity contribution in [2.75, 3.05) is 32.2 Å². The molecule has 3 rings (SSSR count). The lowest BCUT2D eigenvalue weighted by Gasteiger charge is -2.46. The van der Waals surface area contributed by atoms with E-state index in [9.17, 15) is 51.1 Å². The highest BCUT2D eigenvalue weighted by Gasteiger charge is 2.52. The number of rotatable bonds is 10. The molecule has 0 amide bonds. The highest BCUT2D eigenvalue weighted by atomic mass is 32.1. The normalized spacial score (nSPS) is 49.2. The van der Waals surface area contributed by atoms with E-state index in [2.05, 4.69) is 12.6 Å². The van der Waals surface area contributed by atoms with Crippen molar-refractivity contribution < 1.29 is 79.5 Å². The van der Waals surface area contributed by atoms with Gasteiger partial charge in [-0.1, -0.05) is 0 Å². The van der Waals surface area contributed by atoms with Crippen molar-refractivity contribution in [2.45, 2.75) is 92.1 Å². The lowest BCUT2D eigenvalue weighted by atomic mass is 9.96. The summed E-state index contributed by atoms with van der Waals surface area (Å²) in [4.78, 5) is 0. The first kappa shape index (κ1) is 31.2. The minimum absolute atomic E-state index is 0.00792. The predicted octanol–water partition coefficient (Wildman–Crippen LogP) is -6.62. The van der Waals surface area contributed by atoms with E-state index in [0.717, 1.165) is 0 Å². The van der Waals surface area contributed by atoms with Crippen LogP contribution in [-0.4, -0.2) is 175 Å². The number of ether oxygens (including phenoxy) is 6. The summed E-state index contributed by atoms with van der Waals surface area (Å²) < 4.78 is 32.5. The van der Waals surface area contributed by atoms with Gasteiger partial charge in [-0.05, 0) is 0 Å². The van der Waals surface area contributed by atoms with Gasteiger partial charge in [-0.3, -0.25) is 0 Å². The molecular formula is C20H36O16S. The molecular weight excluding hydrogens is 528 g/mol. The summed E-state index contributed by atoms with van der Waals surface area (Å²) in [6.07, 6.45) is -23.7. The van der Waals surface area contributed by atoms with Crippen molar-refractivity contribution in [2.24, 2.45) is 0 Å². The Kier molecular flexibility index (Phi) is 11.7. The number of aliphatic hydroxyl groups is 10. The second kappa shape index (κ2) is 13.9. The van der Waals surface area contributed by atoms with Crippen molar-refractivity contribution >= 4 is 12.6 Å². The van der Waals surface area contributed by atoms with Crippen molar-refractivity contribution in [1.29, 1.82) is 0 Å². The summed E-state index contributed by atoms with van der Waals surface area (Å²) >= 11 is 4.02. The van der Waals surface area contributed by atoms with E-state index in [1.807, 2.05) is 0 Å². The van der Waals surface area contributed by atoms with E-state index in [-0.39, 0.29) is 12.4 Å². The third-order valence-electron chi connectivity index (χ3n) is 6.43. The van der Waals surface area contributed by atoms with Gasteiger partial charge in [0.25, 0.3) is 0 Å². The van der Waals surface area contributed by atoms with Crippen LogP contribution in [0.3, 0.4) is 0 Å². The van der Waals surface area contributed by atoms with E-state index in [4.69, 9.17) is 28.4 Å². The second-order valence-electron chi connectivity index (χ2n) is 8.95. The largest absolute Gasteiger partial charge is 0.394 e. The van der Waals surface area contributed by atoms with Crippen LogP contribution < -0.4 is 0 Å². The van der Waals surface area contributed by atoms with Gasteiger partial charge >= 0.3 is 0 Å². The molecule has 15 atom stereocenters. The van der Waals surface area contributed by atoms with Gasteiger partial charge in [-0.15, -0.1) is 0 Å². The fraction of sp³-hybridized carbons (Fsp3) is 1.00. The lowest BCUT2D eigenvalue weighted by molar-refractivity contribution is -0.365. The van der Waals surface area contributed by atoms with Gasteiger partial charge in [0, 0.05) is 5.75 Å². The molecule has 0 spiro atoms. The number of hydrogen-bond donors (Lipinski definition) is 11. The molecule has 0 aromatic carbocycles. The Bertz CT molecular complexity index is 689. The highest BCUT2D eigenvalue weighted by molar-refractivity contribution is 7.80. The predicted molar refractivity (Wildman–Crippen MR) is 119 cm³/mol. The Balaban J connectivity index is 1.73. The smallest absolute Gasteiger partial charge is 0.187 e. The standard InChI is InChI=1S/C20H36O16S/c21-3-6-9(23)12(26)14(28)18(33-6)32-5-8-11(25)17(16(30)19(35-8)31-1-2-37)36-20-15(29)13(27)10(24)7(4-22)34-20/h6-30,37H,1-5H2/t6?,7?,8?,9-,10-,11-,12+,13+,14-,15-,16-,17+,18?,19?,20?/m1/s1. The van der Waals surface area contributed by atoms with Gasteiger partial charge < -0.3 is 79.5 Å². The van der Waals surface area contributed by atoms with Crippen LogP contribution in [0.25, 0.3) is 0 Å². The van der Waals surface area contributed by atoms with E-state index in [0.29, 0.717) is 0 Å². The zero-order chi connectivity index (χ0) is 27.4. The molecule has 3 aliphatic heterocycles. The minimum atomic E-state index is -1.82. The third kappa shape index (κ3) is 6.90. The highest BCUT2D eigenvalue weighted by Crippen LogP contribution is 2.30. The first-order valence-corrected chi connectivity index (χ1v) is 12.3. The molecule has 3 saturated heterocycles. The number of aliphatic hydroxyl groups excluding tert-OH is 10. The molecule has 0 aromatic heterocycles. The van der Waals surface area contributed by atoms with Crippen molar-refractivity contribution in [3.8, 4) is 0 Å². The molecule has 0 saturated carbocycles. The zero-order valence-corrected chi connectivity index (χ0v) is 20.5. The van der Waals surface area contributed by atoms with Crippen LogP contribution in [0.4, 0.5) is 0 Å². The maximum absolute atomic E-state index is 10.9. The molecule has 0 bridgehead atoms. The first-order chi connectivity index (χ1) is 17.5. The molecule has 10 N–H and O–H groups in total. The van der Waals surface area contributed by atoms with E-state index in [1.54, 1.807) is 0 Å². The van der Waals surface area contributed by atoms with Crippen LogP contribution in [0.15, 0.2) is 0 Å². The summed E-state index contributed by atoms with van der Waals surface area (Å²) in [5, 5.41) is 101. The number of hydrogen-bond acceptors (Lipinski definition) is 17. The maximum atomic E-state index is 10.9. The molecule has 0 aromatic rings. The van der Waals surface area contributed by atoms with Crippen LogP contribution in [0.5, 0.6) is 0 Å². The second-order valence-corrected chi connectivity index (χ2v) is 9.39. The van der Waals surface area contributed by atoms with Crippen LogP contribution >= 0.6 is 12.6 Å². The van der Waals surface area contributed by atoms with Crippen molar-refractivity contribution in [3.63, 3.8) is 0 Å². The van der Waals surface area contributed by atoms with Gasteiger partial charge in [-0.2, -0.15) is 12.6 Å². The molecule has 0 radical (unpaired) electrons. The van der Waals surface area contributed by atoms with Crippen LogP contribution in [-0.2, 0) is 28.4 Å². The van der Waals surface area contributed by atoms with Gasteiger partial charge in [-0.25, -0.2) is 0 Å². The summed E-state index contributed by atoms with van der Waals surface area (Å²) in [6.45, 7) is -1.94. The molecule has 17 heteroatoms. The summed E-state index contributed by atoms with van der Waals surface area (Å²) in [5.74, 6) is 0.236. The Hall–Kier alpha value is -0.290. The molecule has 218 valence electrons. The average molecular weight is 565 g/mol. The fourth-order valence-electron chi connectivity index (χ4n) is 4.24. The van der Waals surface area contributed by atoms with Crippen molar-refractivity contribution in [3.05, 3.63) is 0 Å². The zero-order valence-electron chi connectivity index (χ0n) is 19.6. The fourth-order valence-corrected chi connectivity index (χ4v) is 4.34. The molecule has 37 heavy (non-hydrogen) atoms. The Morgan fingerprint density at radius 1 is 0.541 bits per heavy atom. The van der Waals surface area contributed by atoms with Gasteiger partial charge in [0.05, 0.1) is 26.4 Å². The molecule has 3 aliphatic rings. The maximum Gasteiger partial charge on any atom is 0.187 e. The van der Waals surface area contributed by atoms with Gasteiger partial charge in [0.15, 0.2) is 18.9 Å². The summed E-state index contributed by atoms with van der Waals surface area (Å²) in [7, 11) is 0. The van der Waals surface area contributed by atoms with E-state index < -0.39 is 112 Å². The summed E-state index contributed by atoms with van der Waals surface area (Å²) in [6, 6.07) is 0. The van der Waals surface area contributed by atoms with Gasteiger partial charge in [0.1, 0.15) is 73.2 Å². The Morgan fingerprint density at radius 2 is 1.03 bits per heavy atom. The van der Waals surface area contributed by atoms with E-state index in [1.165, 1.54) is 0 Å². The van der Waals surface area contributed by atoms with E-state index >= 15 is 0 Å². The molecule has 6 unspecified atom stereocenters. The minimum Gasteiger partial charge on any atom is -0.394 e. The average Bonchev–Trinajstić information content (AvgIpc) is 2.89. The first-order valence-electron chi connectivity index (χ1n) is 11.7. The lowest BCUT2D eigenvalue weighted by Crippen LogP contribution is -2.65. The monoisotopic (exact) mass is 564 g/mol. The van der Waals surface area contributed by atoms with Crippen LogP contribution in [0.1, 0.15) is 0 Å². The molecule has 16 nitrogen and oxygen atoms in total. The Labute approximate surface area is 216 Å². The van der Waals surface area contributed by atoms with Crippen molar-refractivity contribution in [1.82, 2.24) is 0 Å².